The van der Waals surface area contributed by atoms with Crippen LogP contribution in [0.25, 0.3) is 0 Å². The number of carbonyl (C=O) groups is 1. The van der Waals surface area contributed by atoms with Crippen molar-refractivity contribution in [2.45, 2.75) is 39.0 Å². The molecule has 0 aliphatic heterocycles. The number of ketones is 1. The standard InChI is InChI=1S/C23H24ClNOS/c1-2-3-6-16-9-11-17(12-10-16)13-14-18-15-20(23(25)27-18)22(26)19-7-4-5-8-21(19)24/h4-5,7-12,15H,2-3,6,13-14,25H2,1H3. The number of aryl methyl sites for hydroxylation is 3. The summed E-state index contributed by atoms with van der Waals surface area (Å²) in [5.41, 5.74) is 9.87. The highest BCUT2D eigenvalue weighted by Gasteiger charge is 2.18. The summed E-state index contributed by atoms with van der Waals surface area (Å²) in [7, 11) is 0. The zero-order valence-corrected chi connectivity index (χ0v) is 17.1. The first kappa shape index (κ1) is 19.7. The monoisotopic (exact) mass is 397 g/mol. The van der Waals surface area contributed by atoms with E-state index in [2.05, 4.69) is 31.2 Å². The highest BCUT2D eigenvalue weighted by Crippen LogP contribution is 2.30. The van der Waals surface area contributed by atoms with Crippen LogP contribution >= 0.6 is 22.9 Å². The molecule has 0 spiro atoms. The molecule has 0 bridgehead atoms. The predicted molar refractivity (Wildman–Crippen MR) is 116 cm³/mol. The van der Waals surface area contributed by atoms with Gasteiger partial charge in [-0.3, -0.25) is 4.79 Å². The predicted octanol–water partition coefficient (Wildman–Crippen LogP) is 6.34. The summed E-state index contributed by atoms with van der Waals surface area (Å²) in [6.45, 7) is 2.21. The van der Waals surface area contributed by atoms with E-state index >= 15 is 0 Å². The normalized spacial score (nSPS) is 10.9. The van der Waals surface area contributed by atoms with Crippen molar-refractivity contribution in [1.29, 1.82) is 0 Å². The third-order valence-corrected chi connectivity index (χ3v) is 6.03. The van der Waals surface area contributed by atoms with E-state index in [-0.39, 0.29) is 5.78 Å². The van der Waals surface area contributed by atoms with Crippen LogP contribution in [0.4, 0.5) is 5.00 Å². The van der Waals surface area contributed by atoms with Crippen LogP contribution in [0, 0.1) is 0 Å². The number of carbonyl (C=O) groups excluding carboxylic acids is 1. The Morgan fingerprint density at radius 3 is 2.30 bits per heavy atom. The highest BCUT2D eigenvalue weighted by atomic mass is 35.5. The molecular weight excluding hydrogens is 374 g/mol. The van der Waals surface area contributed by atoms with Gasteiger partial charge in [-0.25, -0.2) is 0 Å². The van der Waals surface area contributed by atoms with E-state index in [1.54, 1.807) is 12.1 Å². The summed E-state index contributed by atoms with van der Waals surface area (Å²) < 4.78 is 0. The molecule has 0 amide bonds. The number of nitrogens with two attached hydrogens (primary N) is 1. The van der Waals surface area contributed by atoms with Gasteiger partial charge in [-0.15, -0.1) is 11.3 Å². The van der Waals surface area contributed by atoms with Crippen molar-refractivity contribution in [2.24, 2.45) is 0 Å². The summed E-state index contributed by atoms with van der Waals surface area (Å²) in [6.07, 6.45) is 5.41. The number of thiophene rings is 1. The van der Waals surface area contributed by atoms with E-state index in [0.29, 0.717) is 21.2 Å². The Hall–Kier alpha value is -2.10. The van der Waals surface area contributed by atoms with Gasteiger partial charge in [0.25, 0.3) is 0 Å². The first-order valence-corrected chi connectivity index (χ1v) is 10.5. The van der Waals surface area contributed by atoms with Crippen LogP contribution in [0.1, 0.15) is 51.7 Å². The van der Waals surface area contributed by atoms with Crippen LogP contribution in [0.15, 0.2) is 54.6 Å². The van der Waals surface area contributed by atoms with Gasteiger partial charge in [0.1, 0.15) is 0 Å². The molecule has 3 aromatic rings. The first-order chi connectivity index (χ1) is 13.1. The molecule has 4 heteroatoms. The van der Waals surface area contributed by atoms with Gasteiger partial charge in [-0.2, -0.15) is 0 Å². The molecule has 3 rings (SSSR count). The Morgan fingerprint density at radius 1 is 0.963 bits per heavy atom. The zero-order valence-electron chi connectivity index (χ0n) is 15.5. The minimum Gasteiger partial charge on any atom is -0.390 e. The van der Waals surface area contributed by atoms with Gasteiger partial charge >= 0.3 is 0 Å². The molecule has 1 aromatic heterocycles. The molecule has 140 valence electrons. The topological polar surface area (TPSA) is 43.1 Å². The maximum absolute atomic E-state index is 12.7. The average Bonchev–Trinajstić information content (AvgIpc) is 3.06. The highest BCUT2D eigenvalue weighted by molar-refractivity contribution is 7.16. The van der Waals surface area contributed by atoms with Crippen LogP contribution < -0.4 is 5.73 Å². The van der Waals surface area contributed by atoms with Gasteiger partial charge < -0.3 is 5.73 Å². The fraction of sp³-hybridized carbons (Fsp3) is 0.261. The summed E-state index contributed by atoms with van der Waals surface area (Å²) >= 11 is 7.65. The van der Waals surface area contributed by atoms with Gasteiger partial charge in [0.15, 0.2) is 5.78 Å². The molecule has 2 nitrogen and oxygen atoms in total. The zero-order chi connectivity index (χ0) is 19.2. The fourth-order valence-corrected chi connectivity index (χ4v) is 4.22. The van der Waals surface area contributed by atoms with Crippen LogP contribution in [-0.4, -0.2) is 5.78 Å². The fourth-order valence-electron chi connectivity index (χ4n) is 3.07. The number of halogens is 1. The quantitative estimate of drug-likeness (QED) is 0.450. The van der Waals surface area contributed by atoms with Crippen molar-refractivity contribution < 1.29 is 4.79 Å². The second kappa shape index (κ2) is 9.20. The minimum atomic E-state index is -0.110. The van der Waals surface area contributed by atoms with E-state index in [1.807, 2.05) is 18.2 Å². The molecule has 2 aromatic carbocycles. The van der Waals surface area contributed by atoms with Crippen molar-refractivity contribution in [3.05, 3.63) is 86.8 Å². The van der Waals surface area contributed by atoms with Crippen LogP contribution in [0.2, 0.25) is 5.02 Å². The number of hydrogen-bond donors (Lipinski definition) is 1. The van der Waals surface area contributed by atoms with E-state index in [1.165, 1.54) is 35.3 Å². The molecular formula is C23H24ClNOS. The smallest absolute Gasteiger partial charge is 0.197 e. The number of rotatable bonds is 8. The largest absolute Gasteiger partial charge is 0.390 e. The average molecular weight is 398 g/mol. The first-order valence-electron chi connectivity index (χ1n) is 9.33. The number of benzene rings is 2. The number of anilines is 1. The molecule has 1 heterocycles. The third kappa shape index (κ3) is 5.00. The van der Waals surface area contributed by atoms with Crippen molar-refractivity contribution in [1.82, 2.24) is 0 Å². The third-order valence-electron chi connectivity index (χ3n) is 4.68. The van der Waals surface area contributed by atoms with Crippen molar-refractivity contribution in [3.63, 3.8) is 0 Å². The molecule has 0 atom stereocenters. The van der Waals surface area contributed by atoms with Crippen LogP contribution in [-0.2, 0) is 19.3 Å². The lowest BCUT2D eigenvalue weighted by atomic mass is 10.0. The maximum atomic E-state index is 12.7. The van der Waals surface area contributed by atoms with E-state index in [0.717, 1.165) is 24.1 Å². The molecule has 0 unspecified atom stereocenters. The van der Waals surface area contributed by atoms with Gasteiger partial charge in [0.05, 0.1) is 15.6 Å². The van der Waals surface area contributed by atoms with Gasteiger partial charge in [-0.05, 0) is 55.0 Å². The Labute approximate surface area is 170 Å². The molecule has 0 saturated heterocycles. The summed E-state index contributed by atoms with van der Waals surface area (Å²) in [5, 5.41) is 1.02. The second-order valence-electron chi connectivity index (χ2n) is 6.72. The minimum absolute atomic E-state index is 0.110. The molecule has 27 heavy (non-hydrogen) atoms. The summed E-state index contributed by atoms with van der Waals surface area (Å²) in [6, 6.07) is 17.9. The lowest BCUT2D eigenvalue weighted by Crippen LogP contribution is -2.03. The van der Waals surface area contributed by atoms with Crippen molar-refractivity contribution >= 4 is 33.7 Å². The molecule has 0 fully saturated rings. The Morgan fingerprint density at radius 2 is 1.63 bits per heavy atom. The SMILES string of the molecule is CCCCc1ccc(CCc2cc(C(=O)c3ccccc3Cl)c(N)s2)cc1. The molecule has 0 aliphatic carbocycles. The molecule has 0 saturated carbocycles. The summed E-state index contributed by atoms with van der Waals surface area (Å²) in [4.78, 5) is 13.9. The van der Waals surface area contributed by atoms with Gasteiger partial charge in [0, 0.05) is 10.4 Å². The molecule has 0 radical (unpaired) electrons. The maximum Gasteiger partial charge on any atom is 0.197 e. The Balaban J connectivity index is 1.66. The number of unbranched alkanes of at least 4 members (excludes halogenated alkanes) is 1. The summed E-state index contributed by atoms with van der Waals surface area (Å²) in [5.74, 6) is -0.110. The van der Waals surface area contributed by atoms with Gasteiger partial charge in [-0.1, -0.05) is 61.3 Å². The van der Waals surface area contributed by atoms with Crippen molar-refractivity contribution in [2.75, 3.05) is 5.73 Å². The van der Waals surface area contributed by atoms with E-state index in [4.69, 9.17) is 17.3 Å². The van der Waals surface area contributed by atoms with Crippen molar-refractivity contribution in [3.8, 4) is 0 Å². The lowest BCUT2D eigenvalue weighted by molar-refractivity contribution is 0.104. The van der Waals surface area contributed by atoms with E-state index in [9.17, 15) is 4.79 Å². The van der Waals surface area contributed by atoms with Crippen LogP contribution in [0.5, 0.6) is 0 Å². The number of hydrogen-bond acceptors (Lipinski definition) is 3. The Bertz CT molecular complexity index is 914. The van der Waals surface area contributed by atoms with Crippen LogP contribution in [0.3, 0.4) is 0 Å². The van der Waals surface area contributed by atoms with Gasteiger partial charge in [0.2, 0.25) is 0 Å². The molecule has 0 aliphatic rings. The number of nitrogen functional groups attached to an aromatic ring is 1. The lowest BCUT2D eigenvalue weighted by Gasteiger charge is -2.03. The molecule has 2 N–H and O–H groups in total. The Kier molecular flexibility index (Phi) is 6.70. The van der Waals surface area contributed by atoms with E-state index < -0.39 is 0 Å². The second-order valence-corrected chi connectivity index (χ2v) is 8.30.